The molecule has 0 bridgehead atoms. The first-order chi connectivity index (χ1) is 5.08. The number of alkyl halides is 1. The molecule has 0 aliphatic rings. The van der Waals surface area contributed by atoms with Gasteiger partial charge in [-0.25, -0.2) is 4.39 Å². The molecule has 0 fully saturated rings. The highest BCUT2D eigenvalue weighted by atomic mass is 31.2. The fraction of sp³-hybridized carbons (Fsp3) is 0.800. The molecule has 0 unspecified atom stereocenters. The average molecular weight is 184 g/mol. The van der Waals surface area contributed by atoms with Crippen LogP contribution in [0.3, 0.4) is 0 Å². The minimum Gasteiger partial charge on any atom is -0.312 e. The van der Waals surface area contributed by atoms with Crippen LogP contribution in [0.5, 0.6) is 0 Å². The SMILES string of the molecule is COP(=O)(CC(=O)CF)OC. The molecule has 0 saturated carbocycles. The summed E-state index contributed by atoms with van der Waals surface area (Å²) in [6, 6.07) is 0. The Bertz CT molecular complexity index is 173. The normalized spacial score (nSPS) is 11.5. The maximum Gasteiger partial charge on any atom is 0.337 e. The first kappa shape index (κ1) is 10.8. The van der Waals surface area contributed by atoms with E-state index in [4.69, 9.17) is 0 Å². The number of ketones is 1. The number of hydrogen-bond acceptors (Lipinski definition) is 4. The summed E-state index contributed by atoms with van der Waals surface area (Å²) in [5.74, 6) is -0.781. The highest BCUT2D eigenvalue weighted by Gasteiger charge is 2.24. The summed E-state index contributed by atoms with van der Waals surface area (Å²) < 4.78 is 31.5. The zero-order valence-corrected chi connectivity index (χ0v) is 7.27. The molecule has 4 nitrogen and oxygen atoms in total. The van der Waals surface area contributed by atoms with Gasteiger partial charge in [0.1, 0.15) is 12.8 Å². The molecule has 0 spiro atoms. The molecule has 0 saturated heterocycles. The van der Waals surface area contributed by atoms with Crippen LogP contribution in [-0.2, 0) is 18.4 Å². The third kappa shape index (κ3) is 3.60. The van der Waals surface area contributed by atoms with Crippen LogP contribution in [0, 0.1) is 0 Å². The molecule has 0 atom stereocenters. The molecular weight excluding hydrogens is 174 g/mol. The average Bonchev–Trinajstić information content (AvgIpc) is 2.04. The molecule has 66 valence electrons. The lowest BCUT2D eigenvalue weighted by Crippen LogP contribution is -2.09. The van der Waals surface area contributed by atoms with Gasteiger partial charge in [-0.3, -0.25) is 9.36 Å². The summed E-state index contributed by atoms with van der Waals surface area (Å²) >= 11 is 0. The minimum atomic E-state index is -3.34. The Labute approximate surface area is 64.2 Å². The van der Waals surface area contributed by atoms with E-state index >= 15 is 0 Å². The molecule has 0 aromatic heterocycles. The van der Waals surface area contributed by atoms with Gasteiger partial charge in [-0.05, 0) is 0 Å². The Kier molecular flexibility index (Phi) is 4.49. The highest BCUT2D eigenvalue weighted by molar-refractivity contribution is 7.54. The lowest BCUT2D eigenvalue weighted by atomic mass is 10.5. The van der Waals surface area contributed by atoms with Crippen molar-refractivity contribution in [3.63, 3.8) is 0 Å². The summed E-state index contributed by atoms with van der Waals surface area (Å²) in [5, 5.41) is 0. The summed E-state index contributed by atoms with van der Waals surface area (Å²) in [5.41, 5.74) is 0. The van der Waals surface area contributed by atoms with Crippen molar-refractivity contribution in [2.45, 2.75) is 0 Å². The third-order valence-corrected chi connectivity index (χ3v) is 2.93. The second kappa shape index (κ2) is 4.59. The van der Waals surface area contributed by atoms with Crippen molar-refractivity contribution in [3.05, 3.63) is 0 Å². The topological polar surface area (TPSA) is 52.6 Å². The molecular formula is C5H10FO4P. The van der Waals surface area contributed by atoms with Crippen molar-refractivity contribution >= 4 is 13.4 Å². The Morgan fingerprint density at radius 3 is 2.18 bits per heavy atom. The number of Topliss-reactive ketones (excluding diaryl/α,β-unsaturated/α-hetero) is 1. The van der Waals surface area contributed by atoms with Crippen molar-refractivity contribution in [1.29, 1.82) is 0 Å². The molecule has 0 heterocycles. The Hall–Kier alpha value is -0.250. The van der Waals surface area contributed by atoms with Gasteiger partial charge in [0.2, 0.25) is 0 Å². The maximum absolute atomic E-state index is 11.6. The Morgan fingerprint density at radius 1 is 1.45 bits per heavy atom. The molecule has 0 N–H and O–H groups in total. The summed E-state index contributed by atoms with van der Waals surface area (Å²) in [4.78, 5) is 10.4. The Balaban J connectivity index is 4.09. The van der Waals surface area contributed by atoms with Gasteiger partial charge in [-0.15, -0.1) is 0 Å². The van der Waals surface area contributed by atoms with E-state index in [1.165, 1.54) is 0 Å². The van der Waals surface area contributed by atoms with Gasteiger partial charge in [0.05, 0.1) is 0 Å². The molecule has 0 aromatic rings. The van der Waals surface area contributed by atoms with Crippen LogP contribution >= 0.6 is 7.60 Å². The predicted octanol–water partition coefficient (Wildman–Crippen LogP) is 1.01. The lowest BCUT2D eigenvalue weighted by molar-refractivity contribution is -0.117. The van der Waals surface area contributed by atoms with E-state index in [-0.39, 0.29) is 0 Å². The molecule has 0 radical (unpaired) electrons. The highest BCUT2D eigenvalue weighted by Crippen LogP contribution is 2.45. The van der Waals surface area contributed by atoms with Crippen molar-refractivity contribution in [1.82, 2.24) is 0 Å². The standard InChI is InChI=1S/C5H10FO4P/c1-9-11(8,10-2)4-5(7)3-6/h3-4H2,1-2H3. The van der Waals surface area contributed by atoms with Crippen molar-refractivity contribution < 1.29 is 22.8 Å². The summed E-state index contributed by atoms with van der Waals surface area (Å²) in [6.07, 6.45) is -0.503. The van der Waals surface area contributed by atoms with Gasteiger partial charge < -0.3 is 9.05 Å². The zero-order valence-electron chi connectivity index (χ0n) is 6.37. The number of hydrogen-bond donors (Lipinski definition) is 0. The third-order valence-electron chi connectivity index (χ3n) is 1.08. The summed E-state index contributed by atoms with van der Waals surface area (Å²) in [6.45, 7) is -1.14. The van der Waals surface area contributed by atoms with Gasteiger partial charge in [-0.2, -0.15) is 0 Å². The van der Waals surface area contributed by atoms with Gasteiger partial charge >= 0.3 is 7.60 Å². The van der Waals surface area contributed by atoms with Crippen LogP contribution in [0.4, 0.5) is 4.39 Å². The quantitative estimate of drug-likeness (QED) is 0.598. The second-order valence-corrected chi connectivity index (χ2v) is 4.07. The molecule has 11 heavy (non-hydrogen) atoms. The monoisotopic (exact) mass is 184 g/mol. The second-order valence-electron chi connectivity index (χ2n) is 1.81. The number of halogens is 1. The largest absolute Gasteiger partial charge is 0.337 e. The van der Waals surface area contributed by atoms with E-state index in [9.17, 15) is 13.8 Å². The molecule has 0 rings (SSSR count). The van der Waals surface area contributed by atoms with Gasteiger partial charge in [0.15, 0.2) is 5.78 Å². The van der Waals surface area contributed by atoms with E-state index in [0.29, 0.717) is 0 Å². The van der Waals surface area contributed by atoms with Crippen LogP contribution in [0.1, 0.15) is 0 Å². The number of rotatable bonds is 5. The van der Waals surface area contributed by atoms with Crippen LogP contribution < -0.4 is 0 Å². The first-order valence-corrected chi connectivity index (χ1v) is 4.59. The van der Waals surface area contributed by atoms with E-state index in [0.717, 1.165) is 14.2 Å². The number of carbonyl (C=O) groups is 1. The first-order valence-electron chi connectivity index (χ1n) is 2.86. The fourth-order valence-electron chi connectivity index (χ4n) is 0.462. The van der Waals surface area contributed by atoms with E-state index in [2.05, 4.69) is 9.05 Å². The summed E-state index contributed by atoms with van der Waals surface area (Å²) in [7, 11) is -1.05. The lowest BCUT2D eigenvalue weighted by Gasteiger charge is -2.10. The Morgan fingerprint density at radius 2 is 1.91 bits per heavy atom. The van der Waals surface area contributed by atoms with Gasteiger partial charge in [-0.1, -0.05) is 0 Å². The molecule has 0 aliphatic heterocycles. The van der Waals surface area contributed by atoms with E-state index < -0.39 is 26.2 Å². The molecule has 0 aliphatic carbocycles. The van der Waals surface area contributed by atoms with Crippen molar-refractivity contribution in [3.8, 4) is 0 Å². The van der Waals surface area contributed by atoms with Crippen molar-refractivity contribution in [2.24, 2.45) is 0 Å². The predicted molar refractivity (Wildman–Crippen MR) is 37.5 cm³/mol. The van der Waals surface area contributed by atoms with Crippen LogP contribution in [0.2, 0.25) is 0 Å². The number of carbonyl (C=O) groups excluding carboxylic acids is 1. The minimum absolute atomic E-state index is 0.503. The smallest absolute Gasteiger partial charge is 0.312 e. The fourth-order valence-corrected chi connectivity index (χ4v) is 1.39. The van der Waals surface area contributed by atoms with Crippen LogP contribution in [-0.4, -0.2) is 32.8 Å². The van der Waals surface area contributed by atoms with Gasteiger partial charge in [0, 0.05) is 14.2 Å². The molecule has 0 aromatic carbocycles. The van der Waals surface area contributed by atoms with Crippen LogP contribution in [0.15, 0.2) is 0 Å². The van der Waals surface area contributed by atoms with E-state index in [1.807, 2.05) is 0 Å². The van der Waals surface area contributed by atoms with Gasteiger partial charge in [0.25, 0.3) is 0 Å². The molecule has 6 heteroatoms. The maximum atomic E-state index is 11.6. The van der Waals surface area contributed by atoms with Crippen LogP contribution in [0.25, 0.3) is 0 Å². The van der Waals surface area contributed by atoms with E-state index in [1.54, 1.807) is 0 Å². The van der Waals surface area contributed by atoms with Crippen molar-refractivity contribution in [2.75, 3.05) is 27.1 Å². The molecule has 0 amide bonds. The zero-order chi connectivity index (χ0) is 8.91.